The predicted molar refractivity (Wildman–Crippen MR) is 46.9 cm³/mol. The molecule has 1 aromatic heterocycles. The van der Waals surface area contributed by atoms with E-state index in [2.05, 4.69) is 9.97 Å². The number of H-pyrrole nitrogens is 1. The maximum Gasteiger partial charge on any atom is 0.287 e. The smallest absolute Gasteiger partial charge is 0.287 e. The van der Waals surface area contributed by atoms with Gasteiger partial charge in [0.2, 0.25) is 5.82 Å². The molecule has 5 heteroatoms. The summed E-state index contributed by atoms with van der Waals surface area (Å²) in [5, 5.41) is 0. The Hall–Kier alpha value is -1.23. The number of nitrogens with one attached hydrogen (secondary N) is 1. The highest BCUT2D eigenvalue weighted by atomic mass is 19.1. The van der Waals surface area contributed by atoms with Crippen LogP contribution < -0.4 is 5.56 Å². The molecule has 0 aromatic carbocycles. The van der Waals surface area contributed by atoms with E-state index in [1.807, 2.05) is 19.0 Å². The van der Waals surface area contributed by atoms with E-state index in [0.29, 0.717) is 12.4 Å². The Morgan fingerprint density at radius 2 is 2.15 bits per heavy atom. The van der Waals surface area contributed by atoms with E-state index >= 15 is 0 Å². The molecule has 0 amide bonds. The topological polar surface area (TPSA) is 49.0 Å². The van der Waals surface area contributed by atoms with Gasteiger partial charge in [-0.25, -0.2) is 4.98 Å². The normalized spacial score (nSPS) is 10.8. The minimum atomic E-state index is -0.803. The van der Waals surface area contributed by atoms with Crippen LogP contribution in [0.3, 0.4) is 0 Å². The SMILES string of the molecule is Cc1nc(CN(C)C)[nH]c(=O)c1F. The number of aromatic amines is 1. The Morgan fingerprint density at radius 1 is 1.54 bits per heavy atom. The maximum atomic E-state index is 12.8. The lowest BCUT2D eigenvalue weighted by molar-refractivity contribution is 0.387. The van der Waals surface area contributed by atoms with Gasteiger partial charge in [-0.15, -0.1) is 0 Å². The third kappa shape index (κ3) is 2.35. The van der Waals surface area contributed by atoms with E-state index in [1.54, 1.807) is 0 Å². The van der Waals surface area contributed by atoms with Gasteiger partial charge < -0.3 is 9.88 Å². The van der Waals surface area contributed by atoms with E-state index in [0.717, 1.165) is 0 Å². The summed E-state index contributed by atoms with van der Waals surface area (Å²) in [4.78, 5) is 19.1. The van der Waals surface area contributed by atoms with Crippen LogP contribution in [0.4, 0.5) is 4.39 Å². The van der Waals surface area contributed by atoms with E-state index in [4.69, 9.17) is 0 Å². The van der Waals surface area contributed by atoms with Crippen molar-refractivity contribution in [3.05, 3.63) is 27.7 Å². The molecule has 0 unspecified atom stereocenters. The first-order valence-electron chi connectivity index (χ1n) is 3.90. The molecule has 1 N–H and O–H groups in total. The quantitative estimate of drug-likeness (QED) is 0.720. The first-order valence-corrected chi connectivity index (χ1v) is 3.90. The fraction of sp³-hybridized carbons (Fsp3) is 0.500. The molecule has 0 spiro atoms. The van der Waals surface area contributed by atoms with Crippen molar-refractivity contribution in [1.29, 1.82) is 0 Å². The second-order valence-corrected chi connectivity index (χ2v) is 3.15. The van der Waals surface area contributed by atoms with Crippen LogP contribution in [0, 0.1) is 12.7 Å². The second kappa shape index (κ2) is 3.66. The Labute approximate surface area is 75.4 Å². The molecule has 0 aliphatic heterocycles. The average molecular weight is 185 g/mol. The van der Waals surface area contributed by atoms with Gasteiger partial charge in [0.05, 0.1) is 12.2 Å². The van der Waals surface area contributed by atoms with Crippen molar-refractivity contribution in [2.75, 3.05) is 14.1 Å². The van der Waals surface area contributed by atoms with Crippen molar-refractivity contribution in [3.63, 3.8) is 0 Å². The largest absolute Gasteiger partial charge is 0.307 e. The van der Waals surface area contributed by atoms with E-state index in [1.165, 1.54) is 6.92 Å². The van der Waals surface area contributed by atoms with Crippen molar-refractivity contribution in [2.45, 2.75) is 13.5 Å². The van der Waals surface area contributed by atoms with E-state index in [9.17, 15) is 9.18 Å². The molecule has 0 saturated heterocycles. The number of aromatic nitrogens is 2. The minimum Gasteiger partial charge on any atom is -0.307 e. The summed E-state index contributed by atoms with van der Waals surface area (Å²) < 4.78 is 12.8. The van der Waals surface area contributed by atoms with Gasteiger partial charge in [-0.2, -0.15) is 4.39 Å². The number of rotatable bonds is 2. The summed E-state index contributed by atoms with van der Waals surface area (Å²) >= 11 is 0. The van der Waals surface area contributed by atoms with Crippen molar-refractivity contribution in [1.82, 2.24) is 14.9 Å². The Bertz CT molecular complexity index is 359. The predicted octanol–water partition coefficient (Wildman–Crippen LogP) is 0.279. The number of hydrogen-bond donors (Lipinski definition) is 1. The van der Waals surface area contributed by atoms with Crippen LogP contribution in [0.25, 0.3) is 0 Å². The Balaban J connectivity index is 3.06. The zero-order chi connectivity index (χ0) is 10.0. The second-order valence-electron chi connectivity index (χ2n) is 3.15. The third-order valence-electron chi connectivity index (χ3n) is 1.54. The van der Waals surface area contributed by atoms with Gasteiger partial charge in [0.15, 0.2) is 0 Å². The number of halogens is 1. The van der Waals surface area contributed by atoms with Crippen molar-refractivity contribution in [3.8, 4) is 0 Å². The monoisotopic (exact) mass is 185 g/mol. The van der Waals surface area contributed by atoms with Crippen LogP contribution in [0.5, 0.6) is 0 Å². The summed E-state index contributed by atoms with van der Waals surface area (Å²) in [5.74, 6) is -0.323. The molecular formula is C8H12FN3O. The molecule has 0 fully saturated rings. The molecular weight excluding hydrogens is 173 g/mol. The van der Waals surface area contributed by atoms with Gasteiger partial charge in [-0.3, -0.25) is 4.79 Å². The Kier molecular flexibility index (Phi) is 2.77. The summed E-state index contributed by atoms with van der Waals surface area (Å²) in [6.45, 7) is 1.97. The van der Waals surface area contributed by atoms with Crippen LogP contribution in [-0.4, -0.2) is 29.0 Å². The van der Waals surface area contributed by atoms with Gasteiger partial charge in [0, 0.05) is 0 Å². The molecule has 0 atom stereocenters. The molecule has 72 valence electrons. The number of aryl methyl sites for hydroxylation is 1. The first kappa shape index (κ1) is 9.85. The molecule has 0 radical (unpaired) electrons. The first-order chi connectivity index (χ1) is 6.00. The molecule has 1 heterocycles. The van der Waals surface area contributed by atoms with E-state index < -0.39 is 11.4 Å². The molecule has 0 aliphatic rings. The molecule has 1 aromatic rings. The van der Waals surface area contributed by atoms with Gasteiger partial charge in [-0.05, 0) is 21.0 Å². The molecule has 0 aliphatic carbocycles. The highest BCUT2D eigenvalue weighted by molar-refractivity contribution is 5.03. The average Bonchev–Trinajstić information content (AvgIpc) is 1.98. The summed E-state index contributed by atoms with van der Waals surface area (Å²) in [6, 6.07) is 0. The van der Waals surface area contributed by atoms with Crippen molar-refractivity contribution < 1.29 is 4.39 Å². The minimum absolute atomic E-state index is 0.139. The molecule has 4 nitrogen and oxygen atoms in total. The van der Waals surface area contributed by atoms with Crippen LogP contribution in [-0.2, 0) is 6.54 Å². The standard InChI is InChI=1S/C8H12FN3O/c1-5-7(9)8(13)11-6(10-5)4-12(2)3/h4H2,1-3H3,(H,10,11,13). The summed E-state index contributed by atoms with van der Waals surface area (Å²) in [7, 11) is 3.69. The van der Waals surface area contributed by atoms with Crippen molar-refractivity contribution >= 4 is 0 Å². The van der Waals surface area contributed by atoms with Crippen LogP contribution in [0.2, 0.25) is 0 Å². The molecule has 0 bridgehead atoms. The van der Waals surface area contributed by atoms with Gasteiger partial charge in [0.1, 0.15) is 5.82 Å². The van der Waals surface area contributed by atoms with Crippen LogP contribution in [0.15, 0.2) is 4.79 Å². The van der Waals surface area contributed by atoms with Gasteiger partial charge in [0.25, 0.3) is 5.56 Å². The maximum absolute atomic E-state index is 12.8. The van der Waals surface area contributed by atoms with Gasteiger partial charge in [-0.1, -0.05) is 0 Å². The molecule has 13 heavy (non-hydrogen) atoms. The summed E-state index contributed by atoms with van der Waals surface area (Å²) in [6.07, 6.45) is 0. The summed E-state index contributed by atoms with van der Waals surface area (Å²) in [5.41, 5.74) is -0.565. The third-order valence-corrected chi connectivity index (χ3v) is 1.54. The zero-order valence-electron chi connectivity index (χ0n) is 7.89. The van der Waals surface area contributed by atoms with E-state index in [-0.39, 0.29) is 5.69 Å². The lowest BCUT2D eigenvalue weighted by Gasteiger charge is -2.08. The highest BCUT2D eigenvalue weighted by Gasteiger charge is 2.06. The highest BCUT2D eigenvalue weighted by Crippen LogP contribution is 1.97. The molecule has 0 saturated carbocycles. The van der Waals surface area contributed by atoms with Gasteiger partial charge >= 0.3 is 0 Å². The van der Waals surface area contributed by atoms with Crippen LogP contribution >= 0.6 is 0 Å². The van der Waals surface area contributed by atoms with Crippen LogP contribution in [0.1, 0.15) is 11.5 Å². The Morgan fingerprint density at radius 3 is 2.62 bits per heavy atom. The lowest BCUT2D eigenvalue weighted by atomic mass is 10.4. The zero-order valence-corrected chi connectivity index (χ0v) is 7.89. The molecule has 1 rings (SSSR count). The number of hydrogen-bond acceptors (Lipinski definition) is 3. The van der Waals surface area contributed by atoms with Crippen molar-refractivity contribution in [2.24, 2.45) is 0 Å². The number of nitrogens with zero attached hydrogens (tertiary/aromatic N) is 2. The fourth-order valence-electron chi connectivity index (χ4n) is 1.00. The fourth-order valence-corrected chi connectivity index (χ4v) is 1.00. The lowest BCUT2D eigenvalue weighted by Crippen LogP contribution is -2.21.